The van der Waals surface area contributed by atoms with Crippen molar-refractivity contribution in [2.75, 3.05) is 5.73 Å². The zero-order valence-electron chi connectivity index (χ0n) is 8.86. The second-order valence-corrected chi connectivity index (χ2v) is 6.21. The topological polar surface area (TPSA) is 38.9 Å². The highest BCUT2D eigenvalue weighted by Crippen LogP contribution is 2.29. The number of hydrogen-bond acceptors (Lipinski definition) is 3. The highest BCUT2D eigenvalue weighted by Gasteiger charge is 2.03. The van der Waals surface area contributed by atoms with Crippen LogP contribution in [0.3, 0.4) is 0 Å². The lowest BCUT2D eigenvalue weighted by Crippen LogP contribution is -1.89. The number of pyridine rings is 1. The van der Waals surface area contributed by atoms with E-state index in [0.717, 1.165) is 25.4 Å². The molecule has 0 radical (unpaired) electrons. The molecule has 2 aromatic rings. The molecule has 2 nitrogen and oxygen atoms in total. The second kappa shape index (κ2) is 5.89. The Hall–Kier alpha value is -0.520. The quantitative estimate of drug-likeness (QED) is 0.636. The lowest BCUT2D eigenvalue weighted by molar-refractivity contribution is 1.11. The maximum Gasteiger partial charge on any atom is 0.110 e. The largest absolute Gasteiger partial charge is 0.399 e. The van der Waals surface area contributed by atoms with Crippen molar-refractivity contribution in [1.29, 1.82) is 0 Å². The first-order valence-electron chi connectivity index (χ1n) is 4.93. The van der Waals surface area contributed by atoms with Crippen LogP contribution in [0.5, 0.6) is 0 Å². The number of benzene rings is 1. The molecule has 0 aliphatic carbocycles. The SMILES string of the molecule is Nc1cc(Br)cc(CSc2ncccc2Br)c1. The van der Waals surface area contributed by atoms with Crippen molar-refractivity contribution in [2.45, 2.75) is 10.8 Å². The molecule has 0 aliphatic heterocycles. The first kappa shape index (κ1) is 12.9. The predicted octanol–water partition coefficient (Wildman–Crippen LogP) is 4.48. The van der Waals surface area contributed by atoms with E-state index in [-0.39, 0.29) is 0 Å². The average Bonchev–Trinajstić information content (AvgIpc) is 2.27. The third-order valence-corrected chi connectivity index (χ3v) is 4.52. The van der Waals surface area contributed by atoms with Gasteiger partial charge in [0.05, 0.1) is 0 Å². The highest BCUT2D eigenvalue weighted by molar-refractivity contribution is 9.10. The van der Waals surface area contributed by atoms with Crippen LogP contribution in [0.4, 0.5) is 5.69 Å². The number of nitrogens with two attached hydrogens (primary N) is 1. The van der Waals surface area contributed by atoms with Gasteiger partial charge in [-0.25, -0.2) is 4.98 Å². The summed E-state index contributed by atoms with van der Waals surface area (Å²) in [5, 5.41) is 0.992. The minimum atomic E-state index is 0.773. The van der Waals surface area contributed by atoms with Crippen LogP contribution in [0, 0.1) is 0 Å². The van der Waals surface area contributed by atoms with Gasteiger partial charge >= 0.3 is 0 Å². The van der Waals surface area contributed by atoms with Crippen LogP contribution < -0.4 is 5.73 Å². The molecule has 0 saturated carbocycles. The van der Waals surface area contributed by atoms with Gasteiger partial charge in [-0.3, -0.25) is 0 Å². The third-order valence-electron chi connectivity index (χ3n) is 2.08. The Bertz CT molecular complexity index is 511. The van der Waals surface area contributed by atoms with Crippen LogP contribution in [0.2, 0.25) is 0 Å². The van der Waals surface area contributed by atoms with Crippen LogP contribution >= 0.6 is 43.6 Å². The molecule has 0 unspecified atom stereocenters. The molecule has 17 heavy (non-hydrogen) atoms. The van der Waals surface area contributed by atoms with Crippen molar-refractivity contribution in [3.05, 3.63) is 51.0 Å². The maximum absolute atomic E-state index is 5.79. The molecule has 1 aromatic heterocycles. The molecule has 2 N–H and O–H groups in total. The first-order chi connectivity index (χ1) is 8.15. The number of anilines is 1. The molecule has 1 heterocycles. The lowest BCUT2D eigenvalue weighted by atomic mass is 10.2. The molecule has 0 saturated heterocycles. The molecule has 0 aliphatic rings. The molecule has 1 aromatic carbocycles. The van der Waals surface area contributed by atoms with Crippen LogP contribution in [0.1, 0.15) is 5.56 Å². The van der Waals surface area contributed by atoms with Gasteiger partial charge in [0.2, 0.25) is 0 Å². The van der Waals surface area contributed by atoms with Gasteiger partial charge in [-0.2, -0.15) is 0 Å². The van der Waals surface area contributed by atoms with Gasteiger partial charge in [0.1, 0.15) is 5.03 Å². The van der Waals surface area contributed by atoms with Gasteiger partial charge in [-0.15, -0.1) is 11.8 Å². The molecule has 88 valence electrons. The number of aromatic nitrogens is 1. The first-order valence-corrected chi connectivity index (χ1v) is 7.50. The fourth-order valence-corrected chi connectivity index (χ4v) is 3.36. The van der Waals surface area contributed by atoms with Gasteiger partial charge in [0.25, 0.3) is 0 Å². The van der Waals surface area contributed by atoms with E-state index in [4.69, 9.17) is 5.73 Å². The molecule has 0 atom stereocenters. The summed E-state index contributed by atoms with van der Waals surface area (Å²) in [6, 6.07) is 9.84. The van der Waals surface area contributed by atoms with Crippen molar-refractivity contribution >= 4 is 49.3 Å². The van der Waals surface area contributed by atoms with E-state index in [9.17, 15) is 0 Å². The van der Waals surface area contributed by atoms with E-state index in [0.29, 0.717) is 0 Å². The molecule has 0 amide bonds. The van der Waals surface area contributed by atoms with Crippen molar-refractivity contribution in [2.24, 2.45) is 0 Å². The summed E-state index contributed by atoms with van der Waals surface area (Å²) in [6.07, 6.45) is 1.79. The van der Waals surface area contributed by atoms with Gasteiger partial charge < -0.3 is 5.73 Å². The summed E-state index contributed by atoms with van der Waals surface area (Å²) in [7, 11) is 0. The van der Waals surface area contributed by atoms with Gasteiger partial charge in [0, 0.05) is 26.6 Å². The Kier molecular flexibility index (Phi) is 4.48. The minimum Gasteiger partial charge on any atom is -0.399 e. The number of nitrogens with zero attached hydrogens (tertiary/aromatic N) is 1. The van der Waals surface area contributed by atoms with Crippen molar-refractivity contribution in [3.8, 4) is 0 Å². The molecule has 2 rings (SSSR count). The standard InChI is InChI=1S/C12H10Br2N2S/c13-9-4-8(5-10(15)6-9)7-17-12-11(14)2-1-3-16-12/h1-6H,7,15H2. The van der Waals surface area contributed by atoms with Gasteiger partial charge in [0.15, 0.2) is 0 Å². The summed E-state index contributed by atoms with van der Waals surface area (Å²) >= 11 is 8.60. The highest BCUT2D eigenvalue weighted by atomic mass is 79.9. The molecule has 0 spiro atoms. The summed E-state index contributed by atoms with van der Waals surface area (Å²) in [6.45, 7) is 0. The smallest absolute Gasteiger partial charge is 0.110 e. The van der Waals surface area contributed by atoms with E-state index in [1.807, 2.05) is 24.3 Å². The third kappa shape index (κ3) is 3.72. The van der Waals surface area contributed by atoms with Crippen molar-refractivity contribution < 1.29 is 0 Å². The number of halogens is 2. The van der Waals surface area contributed by atoms with Crippen molar-refractivity contribution in [3.63, 3.8) is 0 Å². The zero-order chi connectivity index (χ0) is 12.3. The molecule has 0 bridgehead atoms. The molecular formula is C12H10Br2N2S. The second-order valence-electron chi connectivity index (χ2n) is 3.47. The van der Waals surface area contributed by atoms with Gasteiger partial charge in [-0.1, -0.05) is 15.9 Å². The van der Waals surface area contributed by atoms with Crippen LogP contribution in [0.25, 0.3) is 0 Å². The van der Waals surface area contributed by atoms with E-state index >= 15 is 0 Å². The van der Waals surface area contributed by atoms with E-state index < -0.39 is 0 Å². The van der Waals surface area contributed by atoms with Crippen LogP contribution in [-0.2, 0) is 5.75 Å². The summed E-state index contributed by atoms with van der Waals surface area (Å²) in [5.74, 6) is 0.846. The Morgan fingerprint density at radius 2 is 2.06 bits per heavy atom. The number of rotatable bonds is 3. The number of nitrogen functional groups attached to an aromatic ring is 1. The maximum atomic E-state index is 5.79. The predicted molar refractivity (Wildman–Crippen MR) is 80.1 cm³/mol. The summed E-state index contributed by atoms with van der Waals surface area (Å²) < 4.78 is 2.03. The molecule has 0 fully saturated rings. The lowest BCUT2D eigenvalue weighted by Gasteiger charge is -2.05. The monoisotopic (exact) mass is 372 g/mol. The normalized spacial score (nSPS) is 10.5. The fourth-order valence-electron chi connectivity index (χ4n) is 1.39. The number of thioether (sulfide) groups is 1. The molecular weight excluding hydrogens is 364 g/mol. The number of hydrogen-bond donors (Lipinski definition) is 1. The average molecular weight is 374 g/mol. The van der Waals surface area contributed by atoms with Gasteiger partial charge in [-0.05, 0) is 51.8 Å². The summed E-state index contributed by atoms with van der Waals surface area (Å²) in [4.78, 5) is 4.31. The Morgan fingerprint density at radius 3 is 2.76 bits per heavy atom. The Balaban J connectivity index is 2.10. The Labute approximate surface area is 121 Å². The minimum absolute atomic E-state index is 0.773. The summed E-state index contributed by atoms with van der Waals surface area (Å²) in [5.41, 5.74) is 7.75. The van der Waals surface area contributed by atoms with Crippen LogP contribution in [-0.4, -0.2) is 4.98 Å². The Morgan fingerprint density at radius 1 is 1.24 bits per heavy atom. The van der Waals surface area contributed by atoms with Crippen LogP contribution in [0.15, 0.2) is 50.5 Å². The van der Waals surface area contributed by atoms with E-state index in [1.54, 1.807) is 18.0 Å². The van der Waals surface area contributed by atoms with E-state index in [1.165, 1.54) is 5.56 Å². The van der Waals surface area contributed by atoms with Crippen molar-refractivity contribution in [1.82, 2.24) is 4.98 Å². The molecule has 5 heteroatoms. The fraction of sp³-hybridized carbons (Fsp3) is 0.0833. The zero-order valence-corrected chi connectivity index (χ0v) is 12.8. The van der Waals surface area contributed by atoms with E-state index in [2.05, 4.69) is 42.9 Å².